The normalized spacial score (nSPS) is 21.4. The van der Waals surface area contributed by atoms with Crippen LogP contribution in [-0.4, -0.2) is 10.2 Å². The van der Waals surface area contributed by atoms with Gasteiger partial charge in [0.25, 0.3) is 0 Å². The molecule has 0 bridgehead atoms. The zero-order valence-electron chi connectivity index (χ0n) is 14.7. The third-order valence-electron chi connectivity index (χ3n) is 5.60. The van der Waals surface area contributed by atoms with Gasteiger partial charge in [0, 0.05) is 10.2 Å². The van der Waals surface area contributed by atoms with Gasteiger partial charge in [0.2, 0.25) is 0 Å². The molecule has 0 heterocycles. The van der Waals surface area contributed by atoms with Crippen molar-refractivity contribution in [2.75, 3.05) is 0 Å². The molecule has 3 rings (SSSR count). The maximum atomic E-state index is 2.40. The minimum absolute atomic E-state index is 0.811. The lowest BCUT2D eigenvalue weighted by molar-refractivity contribution is 0.348. The van der Waals surface area contributed by atoms with Crippen LogP contribution in [-0.2, 0) is 18.9 Å². The van der Waals surface area contributed by atoms with Crippen LogP contribution in [0.1, 0.15) is 60.8 Å². The van der Waals surface area contributed by atoms with Crippen molar-refractivity contribution in [2.45, 2.75) is 57.4 Å². The summed E-state index contributed by atoms with van der Waals surface area (Å²) >= 11 is 0. The van der Waals surface area contributed by atoms with Crippen molar-refractivity contribution in [3.05, 3.63) is 70.8 Å². The summed E-state index contributed by atoms with van der Waals surface area (Å²) < 4.78 is 0. The van der Waals surface area contributed by atoms with Crippen molar-refractivity contribution in [3.63, 3.8) is 0 Å². The quantitative estimate of drug-likeness (QED) is 0.704. The van der Waals surface area contributed by atoms with Gasteiger partial charge in [-0.2, -0.15) is 0 Å². The Kier molecular flexibility index (Phi) is 5.72. The minimum Gasteiger partial charge on any atom is -0.0625 e. The summed E-state index contributed by atoms with van der Waals surface area (Å²) in [6.07, 6.45) is 7.88. The molecule has 0 aromatic heterocycles. The lowest BCUT2D eigenvalue weighted by Crippen LogP contribution is -2.10. The fourth-order valence-electron chi connectivity index (χ4n) is 3.78. The average molecular weight is 323 g/mol. The summed E-state index contributed by atoms with van der Waals surface area (Å²) in [4.78, 5) is 0. The summed E-state index contributed by atoms with van der Waals surface area (Å²) in [5, 5.41) is 0. The van der Waals surface area contributed by atoms with Gasteiger partial charge in [-0.25, -0.2) is 0 Å². The third kappa shape index (κ3) is 4.57. The highest BCUT2D eigenvalue weighted by atomic mass is 28.1. The number of hydrogen-bond acceptors (Lipinski definition) is 0. The predicted molar refractivity (Wildman–Crippen MR) is 104 cm³/mol. The summed E-state index contributed by atoms with van der Waals surface area (Å²) in [5.41, 5.74) is 6.00. The molecule has 0 amide bonds. The molecule has 2 aromatic carbocycles. The largest absolute Gasteiger partial charge is 0.0625 e. The molecule has 1 aliphatic carbocycles. The first-order valence-corrected chi connectivity index (χ1v) is 10.8. The molecule has 0 unspecified atom stereocenters. The van der Waals surface area contributed by atoms with Crippen LogP contribution in [0.5, 0.6) is 0 Å². The molecule has 1 saturated carbocycles. The Bertz CT molecular complexity index is 589. The predicted octanol–water partition coefficient (Wildman–Crippen LogP) is 4.63. The van der Waals surface area contributed by atoms with E-state index < -0.39 is 0 Å². The van der Waals surface area contributed by atoms with E-state index in [4.69, 9.17) is 0 Å². The van der Waals surface area contributed by atoms with Gasteiger partial charge in [-0.15, -0.1) is 0 Å². The maximum absolute atomic E-state index is 2.40. The van der Waals surface area contributed by atoms with Crippen LogP contribution in [0.4, 0.5) is 0 Å². The van der Waals surface area contributed by atoms with Crippen molar-refractivity contribution in [1.82, 2.24) is 0 Å². The standard InChI is InChI=1S/C22H30Si/c1-17-2-12-21(13-3-17)22-14-10-19(11-15-22)5-4-18-6-8-20(16-23)9-7-18/h6-11,14-15,17,21H,2-5,12-13,16H2,1,23H3. The van der Waals surface area contributed by atoms with Crippen LogP contribution in [0.15, 0.2) is 48.5 Å². The van der Waals surface area contributed by atoms with Crippen LogP contribution < -0.4 is 0 Å². The average Bonchev–Trinajstić information content (AvgIpc) is 2.61. The lowest BCUT2D eigenvalue weighted by Gasteiger charge is -2.26. The Morgan fingerprint density at radius 3 is 1.74 bits per heavy atom. The second-order valence-corrected chi connectivity index (χ2v) is 8.08. The first-order valence-electron chi connectivity index (χ1n) is 9.41. The molecule has 0 N–H and O–H groups in total. The Labute approximate surface area is 144 Å². The molecular weight excluding hydrogens is 292 g/mol. The van der Waals surface area contributed by atoms with Crippen molar-refractivity contribution in [2.24, 2.45) is 5.92 Å². The van der Waals surface area contributed by atoms with E-state index in [1.165, 1.54) is 58.7 Å². The van der Waals surface area contributed by atoms with E-state index >= 15 is 0 Å². The molecular formula is C22H30Si. The molecule has 0 spiro atoms. The smallest absolute Gasteiger partial charge is 0.00833 e. The number of benzene rings is 2. The number of rotatable bonds is 5. The molecule has 1 fully saturated rings. The third-order valence-corrected chi connectivity index (χ3v) is 6.42. The topological polar surface area (TPSA) is 0 Å². The molecule has 0 saturated heterocycles. The summed E-state index contributed by atoms with van der Waals surface area (Å²) in [7, 11) is 1.26. The molecule has 0 aliphatic heterocycles. The minimum atomic E-state index is 0.811. The van der Waals surface area contributed by atoms with Gasteiger partial charge in [-0.05, 0) is 60.3 Å². The van der Waals surface area contributed by atoms with Crippen LogP contribution in [0.3, 0.4) is 0 Å². The summed E-state index contributed by atoms with van der Waals surface area (Å²) in [5.74, 6) is 1.75. The molecule has 23 heavy (non-hydrogen) atoms. The van der Waals surface area contributed by atoms with E-state index in [1.54, 1.807) is 5.56 Å². The van der Waals surface area contributed by atoms with Crippen molar-refractivity contribution < 1.29 is 0 Å². The second kappa shape index (κ2) is 7.96. The monoisotopic (exact) mass is 322 g/mol. The van der Waals surface area contributed by atoms with E-state index in [0.717, 1.165) is 24.7 Å². The lowest BCUT2D eigenvalue weighted by atomic mass is 9.79. The van der Waals surface area contributed by atoms with E-state index in [1.807, 2.05) is 0 Å². The second-order valence-electron chi connectivity index (χ2n) is 7.37. The van der Waals surface area contributed by atoms with E-state index in [-0.39, 0.29) is 0 Å². The highest BCUT2D eigenvalue weighted by molar-refractivity contribution is 6.08. The van der Waals surface area contributed by atoms with Crippen molar-refractivity contribution >= 4 is 10.2 Å². The Morgan fingerprint density at radius 2 is 1.22 bits per heavy atom. The Morgan fingerprint density at radius 1 is 0.739 bits per heavy atom. The zero-order valence-corrected chi connectivity index (χ0v) is 16.7. The highest BCUT2D eigenvalue weighted by Crippen LogP contribution is 2.35. The first kappa shape index (κ1) is 16.5. The molecule has 122 valence electrons. The van der Waals surface area contributed by atoms with Gasteiger partial charge in [-0.1, -0.05) is 73.9 Å². The van der Waals surface area contributed by atoms with Gasteiger partial charge in [0.1, 0.15) is 0 Å². The first-order chi connectivity index (χ1) is 11.2. The molecule has 2 aromatic rings. The number of hydrogen-bond donors (Lipinski definition) is 0. The zero-order chi connectivity index (χ0) is 16.1. The van der Waals surface area contributed by atoms with Gasteiger partial charge < -0.3 is 0 Å². The maximum Gasteiger partial charge on any atom is 0.00833 e. The van der Waals surface area contributed by atoms with Gasteiger partial charge in [-0.3, -0.25) is 0 Å². The SMILES string of the molecule is CC1CCC(c2ccc(CCc3ccc(C[SiH3])cc3)cc2)CC1. The fraction of sp³-hybridized carbons (Fsp3) is 0.455. The van der Waals surface area contributed by atoms with Gasteiger partial charge >= 0.3 is 0 Å². The number of aryl methyl sites for hydroxylation is 2. The van der Waals surface area contributed by atoms with E-state index in [2.05, 4.69) is 55.5 Å². The Hall–Kier alpha value is -1.34. The summed E-state index contributed by atoms with van der Waals surface area (Å²) in [6, 6.07) is 20.0. The highest BCUT2D eigenvalue weighted by Gasteiger charge is 2.19. The molecule has 1 aliphatic rings. The molecule has 0 radical (unpaired) electrons. The van der Waals surface area contributed by atoms with Crippen molar-refractivity contribution in [3.8, 4) is 0 Å². The van der Waals surface area contributed by atoms with Crippen LogP contribution in [0.25, 0.3) is 0 Å². The molecule has 0 nitrogen and oxygen atoms in total. The molecule has 0 atom stereocenters. The van der Waals surface area contributed by atoms with Crippen LogP contribution in [0, 0.1) is 5.92 Å². The van der Waals surface area contributed by atoms with E-state index in [9.17, 15) is 0 Å². The van der Waals surface area contributed by atoms with Crippen LogP contribution >= 0.6 is 0 Å². The Balaban J connectivity index is 1.54. The van der Waals surface area contributed by atoms with Gasteiger partial charge in [0.15, 0.2) is 0 Å². The van der Waals surface area contributed by atoms with Gasteiger partial charge in [0.05, 0.1) is 0 Å². The van der Waals surface area contributed by atoms with Crippen molar-refractivity contribution in [1.29, 1.82) is 0 Å². The van der Waals surface area contributed by atoms with Crippen LogP contribution in [0.2, 0.25) is 0 Å². The fourth-order valence-corrected chi connectivity index (χ4v) is 4.25. The summed E-state index contributed by atoms with van der Waals surface area (Å²) in [6.45, 7) is 2.40. The molecule has 1 heteroatoms. The van der Waals surface area contributed by atoms with E-state index in [0.29, 0.717) is 0 Å².